The van der Waals surface area contributed by atoms with E-state index < -0.39 is 12.0 Å². The highest BCUT2D eigenvalue weighted by molar-refractivity contribution is 5.74. The van der Waals surface area contributed by atoms with Gasteiger partial charge in [-0.3, -0.25) is 9.69 Å². The Morgan fingerprint density at radius 3 is 2.83 bits per heavy atom. The third-order valence-corrected chi connectivity index (χ3v) is 4.12. The number of hydrogen-bond donors (Lipinski definition) is 2. The Labute approximate surface area is 107 Å². The van der Waals surface area contributed by atoms with Gasteiger partial charge in [-0.15, -0.1) is 0 Å². The molecule has 3 rings (SSSR count). The summed E-state index contributed by atoms with van der Waals surface area (Å²) in [5.41, 5.74) is 1.26. The number of nitrogens with one attached hydrogen (secondary N) is 1. The molecule has 0 aromatic heterocycles. The van der Waals surface area contributed by atoms with Gasteiger partial charge in [0.15, 0.2) is 0 Å². The molecule has 1 aromatic carbocycles. The van der Waals surface area contributed by atoms with E-state index in [0.717, 1.165) is 25.9 Å². The van der Waals surface area contributed by atoms with Crippen LogP contribution in [0.1, 0.15) is 18.4 Å². The van der Waals surface area contributed by atoms with Crippen molar-refractivity contribution in [3.8, 4) is 0 Å². The first-order valence-electron chi connectivity index (χ1n) is 6.51. The molecule has 0 saturated carbocycles. The minimum absolute atomic E-state index is 0.140. The smallest absolute Gasteiger partial charge is 0.322 e. The summed E-state index contributed by atoms with van der Waals surface area (Å²) in [5.74, 6) is -0.724. The van der Waals surface area contributed by atoms with E-state index in [1.807, 2.05) is 18.2 Å². The molecule has 2 bridgehead atoms. The summed E-state index contributed by atoms with van der Waals surface area (Å²) in [6, 6.07) is 10.5. The van der Waals surface area contributed by atoms with Gasteiger partial charge in [-0.2, -0.15) is 0 Å². The van der Waals surface area contributed by atoms with Crippen molar-refractivity contribution in [2.45, 2.75) is 37.5 Å². The fourth-order valence-electron chi connectivity index (χ4n) is 3.23. The zero-order valence-corrected chi connectivity index (χ0v) is 10.2. The van der Waals surface area contributed by atoms with Crippen LogP contribution in [0.15, 0.2) is 30.3 Å². The first-order chi connectivity index (χ1) is 8.75. The van der Waals surface area contributed by atoms with Gasteiger partial charge in [-0.25, -0.2) is 0 Å². The van der Waals surface area contributed by atoms with Crippen molar-refractivity contribution >= 4 is 5.97 Å². The zero-order valence-electron chi connectivity index (χ0n) is 10.2. The van der Waals surface area contributed by atoms with Gasteiger partial charge < -0.3 is 10.4 Å². The standard InChI is InChI=1S/C14H18N2O2/c17-14(18)13-12-7-6-11(8-15-13)16(12)9-10-4-2-1-3-5-10/h1-5,11-13,15H,6-9H2,(H,17,18). The predicted molar refractivity (Wildman–Crippen MR) is 68.2 cm³/mol. The summed E-state index contributed by atoms with van der Waals surface area (Å²) in [7, 11) is 0. The quantitative estimate of drug-likeness (QED) is 0.838. The van der Waals surface area contributed by atoms with E-state index in [1.165, 1.54) is 5.56 Å². The lowest BCUT2D eigenvalue weighted by atomic mass is 10.0. The van der Waals surface area contributed by atoms with Crippen molar-refractivity contribution in [2.75, 3.05) is 6.54 Å². The molecule has 2 heterocycles. The average Bonchev–Trinajstić information content (AvgIpc) is 2.63. The molecular weight excluding hydrogens is 228 g/mol. The maximum Gasteiger partial charge on any atom is 0.322 e. The van der Waals surface area contributed by atoms with Gasteiger partial charge in [0.05, 0.1) is 0 Å². The van der Waals surface area contributed by atoms with Crippen LogP contribution in [0.3, 0.4) is 0 Å². The number of benzene rings is 1. The Hall–Kier alpha value is -1.39. The topological polar surface area (TPSA) is 52.6 Å². The molecule has 2 fully saturated rings. The summed E-state index contributed by atoms with van der Waals surface area (Å²) in [5, 5.41) is 12.4. The van der Waals surface area contributed by atoms with Crippen molar-refractivity contribution in [3.63, 3.8) is 0 Å². The highest BCUT2D eigenvalue weighted by Gasteiger charge is 2.44. The van der Waals surface area contributed by atoms with Crippen molar-refractivity contribution in [2.24, 2.45) is 0 Å². The predicted octanol–water partition coefficient (Wildman–Crippen LogP) is 1.08. The third-order valence-electron chi connectivity index (χ3n) is 4.12. The second kappa shape index (κ2) is 4.71. The van der Waals surface area contributed by atoms with Crippen molar-refractivity contribution < 1.29 is 9.90 Å². The second-order valence-corrected chi connectivity index (χ2v) is 5.18. The molecule has 4 nitrogen and oxygen atoms in total. The van der Waals surface area contributed by atoms with E-state index in [9.17, 15) is 9.90 Å². The van der Waals surface area contributed by atoms with E-state index >= 15 is 0 Å². The number of hydrogen-bond acceptors (Lipinski definition) is 3. The fraction of sp³-hybridized carbons (Fsp3) is 0.500. The highest BCUT2D eigenvalue weighted by atomic mass is 16.4. The normalized spacial score (nSPS) is 31.4. The SMILES string of the molecule is O=C(O)C1NCC2CCC1N2Cc1ccccc1. The molecular formula is C14H18N2O2. The molecule has 3 atom stereocenters. The van der Waals surface area contributed by atoms with Crippen LogP contribution >= 0.6 is 0 Å². The first kappa shape index (κ1) is 11.7. The van der Waals surface area contributed by atoms with Gasteiger partial charge in [-0.05, 0) is 18.4 Å². The van der Waals surface area contributed by atoms with Gasteiger partial charge in [0.1, 0.15) is 6.04 Å². The van der Waals surface area contributed by atoms with Crippen molar-refractivity contribution in [3.05, 3.63) is 35.9 Å². The van der Waals surface area contributed by atoms with Crippen LogP contribution in [-0.4, -0.2) is 40.6 Å². The molecule has 3 unspecified atom stereocenters. The maximum atomic E-state index is 11.3. The molecule has 2 N–H and O–H groups in total. The Morgan fingerprint density at radius 2 is 2.11 bits per heavy atom. The van der Waals surface area contributed by atoms with Crippen LogP contribution in [0, 0.1) is 0 Å². The maximum absolute atomic E-state index is 11.3. The Kier molecular flexibility index (Phi) is 3.06. The average molecular weight is 246 g/mol. The van der Waals surface area contributed by atoms with Gasteiger partial charge >= 0.3 is 5.97 Å². The number of piperazine rings is 1. The van der Waals surface area contributed by atoms with Gasteiger partial charge in [0, 0.05) is 25.2 Å². The van der Waals surface area contributed by atoms with Gasteiger partial charge in [-0.1, -0.05) is 30.3 Å². The number of carboxylic acid groups (broad SMARTS) is 1. The van der Waals surface area contributed by atoms with E-state index in [1.54, 1.807) is 0 Å². The molecule has 1 aromatic rings. The molecule has 18 heavy (non-hydrogen) atoms. The van der Waals surface area contributed by atoms with E-state index in [-0.39, 0.29) is 6.04 Å². The monoisotopic (exact) mass is 246 g/mol. The first-order valence-corrected chi connectivity index (χ1v) is 6.51. The van der Waals surface area contributed by atoms with E-state index in [0.29, 0.717) is 6.04 Å². The van der Waals surface area contributed by atoms with Crippen LogP contribution in [0.2, 0.25) is 0 Å². The molecule has 0 spiro atoms. The molecule has 4 heteroatoms. The number of carboxylic acids is 1. The molecule has 96 valence electrons. The molecule has 0 aliphatic carbocycles. The Bertz CT molecular complexity index is 435. The fourth-order valence-corrected chi connectivity index (χ4v) is 3.23. The number of aliphatic carboxylic acids is 1. The van der Waals surface area contributed by atoms with Crippen LogP contribution in [0.25, 0.3) is 0 Å². The van der Waals surface area contributed by atoms with E-state index in [2.05, 4.69) is 22.3 Å². The molecule has 0 amide bonds. The van der Waals surface area contributed by atoms with E-state index in [4.69, 9.17) is 0 Å². The van der Waals surface area contributed by atoms with Crippen LogP contribution in [0.5, 0.6) is 0 Å². The summed E-state index contributed by atoms with van der Waals surface area (Å²) in [6.45, 7) is 1.65. The Balaban J connectivity index is 1.78. The van der Waals surface area contributed by atoms with Crippen LogP contribution in [-0.2, 0) is 11.3 Å². The Morgan fingerprint density at radius 1 is 1.33 bits per heavy atom. The second-order valence-electron chi connectivity index (χ2n) is 5.18. The zero-order chi connectivity index (χ0) is 12.5. The number of carbonyl (C=O) groups is 1. The highest BCUT2D eigenvalue weighted by Crippen LogP contribution is 2.31. The van der Waals surface area contributed by atoms with Crippen LogP contribution < -0.4 is 5.32 Å². The summed E-state index contributed by atoms with van der Waals surface area (Å²) >= 11 is 0. The third kappa shape index (κ3) is 2.02. The minimum atomic E-state index is -0.724. The lowest BCUT2D eigenvalue weighted by Gasteiger charge is -2.39. The van der Waals surface area contributed by atoms with Crippen molar-refractivity contribution in [1.82, 2.24) is 10.2 Å². The molecule has 2 aliphatic rings. The summed E-state index contributed by atoms with van der Waals surface area (Å²) in [4.78, 5) is 13.6. The minimum Gasteiger partial charge on any atom is -0.480 e. The van der Waals surface area contributed by atoms with Crippen LogP contribution in [0.4, 0.5) is 0 Å². The van der Waals surface area contributed by atoms with Gasteiger partial charge in [0.2, 0.25) is 0 Å². The number of fused-ring (bicyclic) bond motifs is 2. The largest absolute Gasteiger partial charge is 0.480 e. The number of rotatable bonds is 3. The summed E-state index contributed by atoms with van der Waals surface area (Å²) in [6.07, 6.45) is 2.09. The van der Waals surface area contributed by atoms with Gasteiger partial charge in [0.25, 0.3) is 0 Å². The van der Waals surface area contributed by atoms with Crippen molar-refractivity contribution in [1.29, 1.82) is 0 Å². The number of nitrogens with zero attached hydrogens (tertiary/aromatic N) is 1. The summed E-state index contributed by atoms with van der Waals surface area (Å²) < 4.78 is 0. The molecule has 2 saturated heterocycles. The lowest BCUT2D eigenvalue weighted by molar-refractivity contribution is -0.142. The molecule has 2 aliphatic heterocycles. The lowest BCUT2D eigenvalue weighted by Crippen LogP contribution is -2.60. The molecule has 0 radical (unpaired) electrons.